The molecular formula is C24H18ClF2N3O2. The summed E-state index contributed by atoms with van der Waals surface area (Å²) in [4.78, 5) is 17.0. The van der Waals surface area contributed by atoms with Gasteiger partial charge in [-0.1, -0.05) is 23.7 Å². The van der Waals surface area contributed by atoms with E-state index in [0.29, 0.717) is 39.7 Å². The Hall–Kier alpha value is -3.71. The topological polar surface area (TPSA) is 63.2 Å². The Balaban J connectivity index is 1.64. The zero-order chi connectivity index (χ0) is 22.7. The van der Waals surface area contributed by atoms with Gasteiger partial charge >= 0.3 is 6.03 Å². The van der Waals surface area contributed by atoms with E-state index in [1.54, 1.807) is 24.3 Å². The van der Waals surface area contributed by atoms with Crippen LogP contribution in [0, 0.1) is 11.6 Å². The number of urea groups is 1. The predicted octanol–water partition coefficient (Wildman–Crippen LogP) is 6.88. The first-order chi connectivity index (χ1) is 15.4. The number of hydrogen-bond acceptors (Lipinski definition) is 3. The fraction of sp³-hybridized carbons (Fsp3) is 0.0833. The molecule has 0 saturated carbocycles. The lowest BCUT2D eigenvalue weighted by molar-refractivity contribution is 0.262. The maximum absolute atomic E-state index is 13.8. The molecule has 0 aliphatic heterocycles. The van der Waals surface area contributed by atoms with Gasteiger partial charge in [0.05, 0.1) is 23.5 Å². The molecule has 0 aliphatic rings. The highest BCUT2D eigenvalue weighted by Crippen LogP contribution is 2.32. The Labute approximate surface area is 188 Å². The highest BCUT2D eigenvalue weighted by Gasteiger charge is 2.12. The molecule has 4 rings (SSSR count). The molecule has 0 unspecified atom stereocenters. The number of carbonyl (C=O) groups is 1. The van der Waals surface area contributed by atoms with Crippen molar-refractivity contribution in [2.45, 2.75) is 6.92 Å². The normalized spacial score (nSPS) is 10.8. The fourth-order valence-electron chi connectivity index (χ4n) is 3.22. The molecule has 0 aliphatic carbocycles. The van der Waals surface area contributed by atoms with Crippen LogP contribution >= 0.6 is 11.6 Å². The molecular weight excluding hydrogens is 436 g/mol. The number of ether oxygens (including phenoxy) is 1. The van der Waals surface area contributed by atoms with Gasteiger partial charge in [-0.25, -0.2) is 18.6 Å². The predicted molar refractivity (Wildman–Crippen MR) is 122 cm³/mol. The molecule has 32 heavy (non-hydrogen) atoms. The average Bonchev–Trinajstić information content (AvgIpc) is 2.76. The van der Waals surface area contributed by atoms with Crippen LogP contribution in [0.15, 0.2) is 66.7 Å². The molecule has 1 aromatic heterocycles. The van der Waals surface area contributed by atoms with E-state index in [1.807, 2.05) is 31.2 Å². The van der Waals surface area contributed by atoms with Gasteiger partial charge in [0.15, 0.2) is 0 Å². The van der Waals surface area contributed by atoms with Crippen LogP contribution in [0.2, 0.25) is 5.02 Å². The van der Waals surface area contributed by atoms with E-state index < -0.39 is 17.7 Å². The highest BCUT2D eigenvalue weighted by atomic mass is 35.5. The summed E-state index contributed by atoms with van der Waals surface area (Å²) in [5.41, 5.74) is 2.38. The molecule has 3 aromatic carbocycles. The zero-order valence-corrected chi connectivity index (χ0v) is 17.7. The number of carbonyl (C=O) groups excluding carboxylic acids is 1. The van der Waals surface area contributed by atoms with E-state index in [1.165, 1.54) is 0 Å². The minimum Gasteiger partial charge on any atom is -0.493 e. The Bertz CT molecular complexity index is 1310. The van der Waals surface area contributed by atoms with Crippen LogP contribution in [-0.4, -0.2) is 17.6 Å². The summed E-state index contributed by atoms with van der Waals surface area (Å²) in [6, 6.07) is 16.4. The first-order valence-electron chi connectivity index (χ1n) is 9.79. The van der Waals surface area contributed by atoms with Crippen molar-refractivity contribution >= 4 is 39.9 Å². The minimum atomic E-state index is -0.739. The summed E-state index contributed by atoms with van der Waals surface area (Å²) in [6.07, 6.45) is 0. The van der Waals surface area contributed by atoms with Crippen molar-refractivity contribution in [3.05, 3.63) is 83.4 Å². The standard InChI is InChI=1S/C24H18ClF2N3O2/c1-2-32-23-13-21(14-4-3-5-15(25)10-14)29-20-9-7-17(12-18(20)23)28-24(31)30-22-11-16(26)6-8-19(22)27/h3-13H,2H2,1H3,(H2,28,30,31). The van der Waals surface area contributed by atoms with Crippen molar-refractivity contribution in [1.29, 1.82) is 0 Å². The van der Waals surface area contributed by atoms with Crippen LogP contribution < -0.4 is 15.4 Å². The second-order valence-corrected chi connectivity index (χ2v) is 7.32. The van der Waals surface area contributed by atoms with Gasteiger partial charge in [0.2, 0.25) is 0 Å². The van der Waals surface area contributed by atoms with Crippen LogP contribution in [0.1, 0.15) is 6.92 Å². The monoisotopic (exact) mass is 453 g/mol. The Morgan fingerprint density at radius 1 is 1.03 bits per heavy atom. The van der Waals surface area contributed by atoms with E-state index in [9.17, 15) is 13.6 Å². The van der Waals surface area contributed by atoms with E-state index >= 15 is 0 Å². The van der Waals surface area contributed by atoms with Crippen LogP contribution in [0.4, 0.5) is 25.0 Å². The number of rotatable bonds is 5. The summed E-state index contributed by atoms with van der Waals surface area (Å²) >= 11 is 6.11. The van der Waals surface area contributed by atoms with Gasteiger partial charge < -0.3 is 15.4 Å². The quantitative estimate of drug-likeness (QED) is 0.346. The van der Waals surface area contributed by atoms with Gasteiger partial charge in [-0.3, -0.25) is 0 Å². The number of nitrogens with zero attached hydrogens (tertiary/aromatic N) is 1. The molecule has 2 amide bonds. The molecule has 162 valence electrons. The molecule has 0 atom stereocenters. The Kier molecular flexibility index (Phi) is 6.18. The van der Waals surface area contributed by atoms with Crippen LogP contribution in [0.5, 0.6) is 5.75 Å². The number of halogens is 3. The summed E-state index contributed by atoms with van der Waals surface area (Å²) in [7, 11) is 0. The molecule has 0 bridgehead atoms. The second kappa shape index (κ2) is 9.20. The average molecular weight is 454 g/mol. The number of hydrogen-bond donors (Lipinski definition) is 2. The number of anilines is 2. The van der Waals surface area contributed by atoms with E-state index in [-0.39, 0.29) is 5.69 Å². The van der Waals surface area contributed by atoms with Crippen molar-refractivity contribution in [2.75, 3.05) is 17.2 Å². The smallest absolute Gasteiger partial charge is 0.323 e. The molecule has 5 nitrogen and oxygen atoms in total. The maximum atomic E-state index is 13.8. The van der Waals surface area contributed by atoms with Gasteiger partial charge in [-0.05, 0) is 49.4 Å². The molecule has 0 radical (unpaired) electrons. The lowest BCUT2D eigenvalue weighted by Crippen LogP contribution is -2.20. The summed E-state index contributed by atoms with van der Waals surface area (Å²) in [5, 5.41) is 6.20. The molecule has 4 aromatic rings. The molecule has 1 heterocycles. The molecule has 0 fully saturated rings. The van der Waals surface area contributed by atoms with E-state index in [2.05, 4.69) is 15.6 Å². The Morgan fingerprint density at radius 3 is 2.66 bits per heavy atom. The first kappa shape index (κ1) is 21.5. The largest absolute Gasteiger partial charge is 0.493 e. The van der Waals surface area contributed by atoms with Crippen molar-refractivity contribution in [1.82, 2.24) is 4.98 Å². The van der Waals surface area contributed by atoms with Gasteiger partial charge in [-0.15, -0.1) is 0 Å². The summed E-state index contributed by atoms with van der Waals surface area (Å²) in [6.45, 7) is 2.31. The second-order valence-electron chi connectivity index (χ2n) is 6.88. The lowest BCUT2D eigenvalue weighted by atomic mass is 10.1. The van der Waals surface area contributed by atoms with Crippen LogP contribution in [0.3, 0.4) is 0 Å². The third-order valence-corrected chi connectivity index (χ3v) is 4.86. The molecule has 8 heteroatoms. The third-order valence-electron chi connectivity index (χ3n) is 4.63. The number of nitrogens with one attached hydrogen (secondary N) is 2. The van der Waals surface area contributed by atoms with Gasteiger partial charge in [0, 0.05) is 33.8 Å². The van der Waals surface area contributed by atoms with E-state index in [0.717, 1.165) is 23.8 Å². The fourth-order valence-corrected chi connectivity index (χ4v) is 3.41. The Morgan fingerprint density at radius 2 is 1.88 bits per heavy atom. The number of fused-ring (bicyclic) bond motifs is 1. The van der Waals surface area contributed by atoms with Crippen LogP contribution in [-0.2, 0) is 0 Å². The van der Waals surface area contributed by atoms with Gasteiger partial charge in [-0.2, -0.15) is 0 Å². The van der Waals surface area contributed by atoms with Gasteiger partial charge in [0.1, 0.15) is 17.4 Å². The minimum absolute atomic E-state index is 0.258. The van der Waals surface area contributed by atoms with Crippen molar-refractivity contribution in [3.8, 4) is 17.0 Å². The lowest BCUT2D eigenvalue weighted by Gasteiger charge is -2.13. The number of aromatic nitrogens is 1. The van der Waals surface area contributed by atoms with E-state index in [4.69, 9.17) is 16.3 Å². The van der Waals surface area contributed by atoms with Crippen molar-refractivity contribution < 1.29 is 18.3 Å². The SMILES string of the molecule is CCOc1cc(-c2cccc(Cl)c2)nc2ccc(NC(=O)Nc3cc(F)ccc3F)cc12. The van der Waals surface area contributed by atoms with Crippen LogP contribution in [0.25, 0.3) is 22.2 Å². The third kappa shape index (κ3) is 4.78. The summed E-state index contributed by atoms with van der Waals surface area (Å²) in [5.74, 6) is -0.806. The zero-order valence-electron chi connectivity index (χ0n) is 17.0. The number of pyridine rings is 1. The molecule has 2 N–H and O–H groups in total. The van der Waals surface area contributed by atoms with Crippen molar-refractivity contribution in [2.24, 2.45) is 0 Å². The highest BCUT2D eigenvalue weighted by molar-refractivity contribution is 6.30. The molecule has 0 spiro atoms. The first-order valence-corrected chi connectivity index (χ1v) is 10.2. The number of amides is 2. The van der Waals surface area contributed by atoms with Crippen molar-refractivity contribution in [3.63, 3.8) is 0 Å². The number of benzene rings is 3. The summed E-state index contributed by atoms with van der Waals surface area (Å²) < 4.78 is 32.9. The van der Waals surface area contributed by atoms with Gasteiger partial charge in [0.25, 0.3) is 0 Å². The maximum Gasteiger partial charge on any atom is 0.323 e. The molecule has 0 saturated heterocycles.